The molecule has 3 heterocycles. The molecule has 0 saturated heterocycles. The first-order valence-electron chi connectivity index (χ1n) is 9.48. The molecule has 142 valence electrons. The molecule has 0 bridgehead atoms. The van der Waals surface area contributed by atoms with Gasteiger partial charge in [-0.15, -0.1) is 0 Å². The molecule has 0 atom stereocenters. The van der Waals surface area contributed by atoms with Gasteiger partial charge in [-0.05, 0) is 30.2 Å². The first-order chi connectivity index (χ1) is 14.3. The first kappa shape index (κ1) is 17.3. The van der Waals surface area contributed by atoms with E-state index in [-0.39, 0.29) is 0 Å². The predicted octanol–water partition coefficient (Wildman–Crippen LogP) is 5.26. The number of anilines is 1. The summed E-state index contributed by atoms with van der Waals surface area (Å²) in [7, 11) is 0. The van der Waals surface area contributed by atoms with E-state index in [0.29, 0.717) is 34.5 Å². The summed E-state index contributed by atoms with van der Waals surface area (Å²) in [6.07, 6.45) is 4.26. The maximum absolute atomic E-state index is 12.8. The summed E-state index contributed by atoms with van der Waals surface area (Å²) in [6, 6.07) is 21.4. The normalized spacial score (nSPS) is 11.2. The quantitative estimate of drug-likeness (QED) is 0.420. The summed E-state index contributed by atoms with van der Waals surface area (Å²) in [5.74, 6) is 0.549. The molecule has 0 unspecified atom stereocenters. The van der Waals surface area contributed by atoms with E-state index in [9.17, 15) is 4.79 Å². The van der Waals surface area contributed by atoms with E-state index in [0.717, 1.165) is 17.4 Å². The Morgan fingerprint density at radius 3 is 2.55 bits per heavy atom. The van der Waals surface area contributed by atoms with Gasteiger partial charge in [-0.2, -0.15) is 0 Å². The number of hydrogen-bond acceptors (Lipinski definition) is 5. The van der Waals surface area contributed by atoms with Gasteiger partial charge < -0.3 is 14.2 Å². The van der Waals surface area contributed by atoms with Crippen molar-refractivity contribution in [1.82, 2.24) is 4.98 Å². The molecule has 0 aliphatic rings. The minimum absolute atomic E-state index is 0.419. The van der Waals surface area contributed by atoms with Crippen LogP contribution in [-0.2, 0) is 6.42 Å². The number of nitrogens with zero attached hydrogens (tertiary/aromatic N) is 1. The molecule has 0 radical (unpaired) electrons. The number of rotatable bonds is 5. The highest BCUT2D eigenvalue weighted by Crippen LogP contribution is 2.39. The second kappa shape index (κ2) is 7.28. The van der Waals surface area contributed by atoms with Crippen LogP contribution in [0.2, 0.25) is 0 Å². The van der Waals surface area contributed by atoms with Gasteiger partial charge in [-0.25, -0.2) is 4.79 Å². The van der Waals surface area contributed by atoms with E-state index in [4.69, 9.17) is 8.83 Å². The van der Waals surface area contributed by atoms with Gasteiger partial charge in [0.05, 0.1) is 10.9 Å². The Hall–Kier alpha value is -3.86. The van der Waals surface area contributed by atoms with Crippen LogP contribution in [0.5, 0.6) is 0 Å². The van der Waals surface area contributed by atoms with E-state index in [2.05, 4.69) is 22.4 Å². The van der Waals surface area contributed by atoms with Crippen LogP contribution in [-0.4, -0.2) is 11.5 Å². The van der Waals surface area contributed by atoms with E-state index in [1.54, 1.807) is 18.5 Å². The fourth-order valence-electron chi connectivity index (χ4n) is 3.59. The lowest BCUT2D eigenvalue weighted by Gasteiger charge is -2.06. The largest absolute Gasteiger partial charge is 0.439 e. The van der Waals surface area contributed by atoms with Crippen molar-refractivity contribution in [2.45, 2.75) is 6.42 Å². The molecule has 0 saturated carbocycles. The molecule has 0 aliphatic heterocycles. The van der Waals surface area contributed by atoms with Crippen LogP contribution in [0.4, 0.5) is 5.88 Å². The van der Waals surface area contributed by atoms with Crippen molar-refractivity contribution in [2.75, 3.05) is 11.9 Å². The van der Waals surface area contributed by atoms with E-state index < -0.39 is 5.63 Å². The zero-order chi connectivity index (χ0) is 19.6. The number of furan rings is 1. The molecule has 3 aromatic heterocycles. The minimum atomic E-state index is -0.419. The van der Waals surface area contributed by atoms with Gasteiger partial charge in [0.2, 0.25) is 5.88 Å². The SMILES string of the molecule is O=c1oc2ccccc2c2oc(NCCc3ccccc3)c(-c3cccnc3)c12. The predicted molar refractivity (Wildman–Crippen MR) is 114 cm³/mol. The molecule has 1 N–H and O–H groups in total. The van der Waals surface area contributed by atoms with Gasteiger partial charge in [-0.1, -0.05) is 48.5 Å². The fraction of sp³-hybridized carbons (Fsp3) is 0.0833. The maximum atomic E-state index is 12.8. The standard InChI is InChI=1S/C24H18N2O3/c27-24-21-20(17-9-6-13-25-15-17)23(26-14-12-16-7-2-1-3-8-16)29-22(21)18-10-4-5-11-19(18)28-24/h1-11,13,15,26H,12,14H2. The van der Waals surface area contributed by atoms with Gasteiger partial charge in [0.15, 0.2) is 5.58 Å². The number of nitrogens with one attached hydrogen (secondary N) is 1. The number of para-hydroxylation sites is 1. The molecular formula is C24H18N2O3. The van der Waals surface area contributed by atoms with Gasteiger partial charge in [-0.3, -0.25) is 4.98 Å². The summed E-state index contributed by atoms with van der Waals surface area (Å²) in [5, 5.41) is 4.56. The van der Waals surface area contributed by atoms with Crippen LogP contribution in [0.1, 0.15) is 5.56 Å². The van der Waals surface area contributed by atoms with Crippen molar-refractivity contribution < 1.29 is 8.83 Å². The van der Waals surface area contributed by atoms with E-state index in [1.807, 2.05) is 48.5 Å². The average molecular weight is 382 g/mol. The van der Waals surface area contributed by atoms with Crippen LogP contribution in [0, 0.1) is 0 Å². The van der Waals surface area contributed by atoms with Crippen molar-refractivity contribution >= 4 is 27.8 Å². The molecule has 0 aliphatic carbocycles. The Morgan fingerprint density at radius 1 is 0.897 bits per heavy atom. The second-order valence-corrected chi connectivity index (χ2v) is 6.80. The third-order valence-corrected chi connectivity index (χ3v) is 4.94. The van der Waals surface area contributed by atoms with Crippen LogP contribution >= 0.6 is 0 Å². The summed E-state index contributed by atoms with van der Waals surface area (Å²) >= 11 is 0. The van der Waals surface area contributed by atoms with Crippen molar-refractivity contribution in [2.24, 2.45) is 0 Å². The molecular weight excluding hydrogens is 364 g/mol. The number of benzene rings is 2. The number of aromatic nitrogens is 1. The van der Waals surface area contributed by atoms with Crippen LogP contribution in [0.3, 0.4) is 0 Å². The Morgan fingerprint density at radius 2 is 1.72 bits per heavy atom. The molecule has 5 rings (SSSR count). The molecule has 5 aromatic rings. The molecule has 0 fully saturated rings. The third-order valence-electron chi connectivity index (χ3n) is 4.94. The maximum Gasteiger partial charge on any atom is 0.348 e. The Kier molecular flexibility index (Phi) is 4.33. The number of hydrogen-bond donors (Lipinski definition) is 1. The lowest BCUT2D eigenvalue weighted by Crippen LogP contribution is -2.05. The molecule has 5 nitrogen and oxygen atoms in total. The number of fused-ring (bicyclic) bond motifs is 3. The fourth-order valence-corrected chi connectivity index (χ4v) is 3.59. The highest BCUT2D eigenvalue weighted by molar-refractivity contribution is 6.09. The first-order valence-corrected chi connectivity index (χ1v) is 9.48. The molecule has 29 heavy (non-hydrogen) atoms. The molecule has 2 aromatic carbocycles. The van der Waals surface area contributed by atoms with Crippen molar-refractivity contribution in [3.63, 3.8) is 0 Å². The van der Waals surface area contributed by atoms with E-state index >= 15 is 0 Å². The van der Waals surface area contributed by atoms with Crippen molar-refractivity contribution in [1.29, 1.82) is 0 Å². The van der Waals surface area contributed by atoms with Crippen LogP contribution in [0.25, 0.3) is 33.1 Å². The topological polar surface area (TPSA) is 68.3 Å². The zero-order valence-corrected chi connectivity index (χ0v) is 15.6. The number of pyridine rings is 1. The van der Waals surface area contributed by atoms with Crippen LogP contribution in [0.15, 0.2) is 92.8 Å². The Balaban J connectivity index is 1.64. The summed E-state index contributed by atoms with van der Waals surface area (Å²) < 4.78 is 11.7. The van der Waals surface area contributed by atoms with Crippen molar-refractivity contribution in [3.8, 4) is 11.1 Å². The van der Waals surface area contributed by atoms with Gasteiger partial charge in [0.1, 0.15) is 11.0 Å². The third kappa shape index (κ3) is 3.17. The highest BCUT2D eigenvalue weighted by atomic mass is 16.4. The summed E-state index contributed by atoms with van der Waals surface area (Å²) in [4.78, 5) is 17.0. The van der Waals surface area contributed by atoms with Gasteiger partial charge >= 0.3 is 5.63 Å². The minimum Gasteiger partial charge on any atom is -0.439 e. The summed E-state index contributed by atoms with van der Waals surface area (Å²) in [5.41, 5.74) is 3.32. The van der Waals surface area contributed by atoms with Gasteiger partial charge in [0.25, 0.3) is 0 Å². The van der Waals surface area contributed by atoms with Gasteiger partial charge in [0, 0.05) is 24.5 Å². The van der Waals surface area contributed by atoms with Crippen molar-refractivity contribution in [3.05, 3.63) is 95.1 Å². The monoisotopic (exact) mass is 382 g/mol. The lowest BCUT2D eigenvalue weighted by molar-refractivity contribution is 0.565. The Bertz CT molecular complexity index is 1340. The smallest absolute Gasteiger partial charge is 0.348 e. The zero-order valence-electron chi connectivity index (χ0n) is 15.6. The highest BCUT2D eigenvalue weighted by Gasteiger charge is 2.22. The lowest BCUT2D eigenvalue weighted by atomic mass is 10.1. The summed E-state index contributed by atoms with van der Waals surface area (Å²) in [6.45, 7) is 0.667. The average Bonchev–Trinajstić information content (AvgIpc) is 3.15. The second-order valence-electron chi connectivity index (χ2n) is 6.80. The van der Waals surface area contributed by atoms with Crippen LogP contribution < -0.4 is 10.9 Å². The molecule has 0 spiro atoms. The van der Waals surface area contributed by atoms with E-state index in [1.165, 1.54) is 5.56 Å². The molecule has 0 amide bonds. The molecule has 5 heteroatoms. The Labute approximate surface area is 166 Å².